The molecule has 0 radical (unpaired) electrons. The molecule has 1 aromatic carbocycles. The smallest absolute Gasteiger partial charge is 0.417 e. The lowest BCUT2D eigenvalue weighted by Crippen LogP contribution is -2.18. The number of ether oxygens (including phenoxy) is 1. The number of hydrogen-bond donors (Lipinski definition) is 0. The summed E-state index contributed by atoms with van der Waals surface area (Å²) >= 11 is 0. The summed E-state index contributed by atoms with van der Waals surface area (Å²) in [6.45, 7) is 0. The SMILES string of the molecule is COC(=O)c1c(C(F)(F)F)ccnc1CCc1ccccc1. The Bertz CT molecular complexity index is 654. The molecule has 6 heteroatoms. The van der Waals surface area contributed by atoms with Crippen molar-refractivity contribution in [1.29, 1.82) is 0 Å². The summed E-state index contributed by atoms with van der Waals surface area (Å²) in [5.41, 5.74) is -0.478. The van der Waals surface area contributed by atoms with Gasteiger partial charge in [0, 0.05) is 6.20 Å². The van der Waals surface area contributed by atoms with E-state index in [0.29, 0.717) is 6.42 Å². The van der Waals surface area contributed by atoms with Crippen molar-refractivity contribution in [3.8, 4) is 0 Å². The van der Waals surface area contributed by atoms with E-state index in [1.807, 2.05) is 30.3 Å². The van der Waals surface area contributed by atoms with Gasteiger partial charge in [0.2, 0.25) is 0 Å². The van der Waals surface area contributed by atoms with Crippen LogP contribution in [0.15, 0.2) is 42.6 Å². The van der Waals surface area contributed by atoms with Crippen LogP contribution in [0.25, 0.3) is 0 Å². The van der Waals surface area contributed by atoms with Crippen LogP contribution in [0.4, 0.5) is 13.2 Å². The summed E-state index contributed by atoms with van der Waals surface area (Å²) < 4.78 is 43.6. The molecule has 0 saturated heterocycles. The molecular weight excluding hydrogens is 295 g/mol. The van der Waals surface area contributed by atoms with Crippen LogP contribution >= 0.6 is 0 Å². The van der Waals surface area contributed by atoms with Crippen LogP contribution < -0.4 is 0 Å². The number of pyridine rings is 1. The molecule has 0 aliphatic rings. The fraction of sp³-hybridized carbons (Fsp3) is 0.250. The zero-order valence-corrected chi connectivity index (χ0v) is 11.9. The first-order chi connectivity index (χ1) is 10.4. The first-order valence-corrected chi connectivity index (χ1v) is 6.61. The molecule has 0 fully saturated rings. The molecule has 3 nitrogen and oxygen atoms in total. The van der Waals surface area contributed by atoms with Crippen molar-refractivity contribution in [2.24, 2.45) is 0 Å². The van der Waals surface area contributed by atoms with Crippen LogP contribution in [0.1, 0.15) is 27.2 Å². The van der Waals surface area contributed by atoms with Crippen molar-refractivity contribution in [2.45, 2.75) is 19.0 Å². The summed E-state index contributed by atoms with van der Waals surface area (Å²) in [5.74, 6) is -1.02. The maximum Gasteiger partial charge on any atom is 0.417 e. The molecular formula is C16H14F3NO2. The Morgan fingerprint density at radius 2 is 1.82 bits per heavy atom. The van der Waals surface area contributed by atoms with Gasteiger partial charge in [-0.15, -0.1) is 0 Å². The average Bonchev–Trinajstić information content (AvgIpc) is 2.52. The van der Waals surface area contributed by atoms with Gasteiger partial charge >= 0.3 is 12.1 Å². The Morgan fingerprint density at radius 3 is 2.41 bits per heavy atom. The second-order valence-corrected chi connectivity index (χ2v) is 4.66. The number of esters is 1. The number of aryl methyl sites for hydroxylation is 2. The van der Waals surface area contributed by atoms with E-state index in [2.05, 4.69) is 9.72 Å². The second kappa shape index (κ2) is 6.60. The number of halogens is 3. The van der Waals surface area contributed by atoms with Crippen molar-refractivity contribution in [3.05, 3.63) is 65.0 Å². The van der Waals surface area contributed by atoms with E-state index in [4.69, 9.17) is 0 Å². The summed E-state index contributed by atoms with van der Waals surface area (Å²) in [5, 5.41) is 0. The van der Waals surface area contributed by atoms with Crippen LogP contribution in [-0.2, 0) is 23.8 Å². The standard InChI is InChI=1S/C16H14F3NO2/c1-22-15(21)14-12(16(17,18)19)9-10-20-13(14)8-7-11-5-3-2-4-6-11/h2-6,9-10H,7-8H2,1H3. The maximum atomic E-state index is 13.1. The summed E-state index contributed by atoms with van der Waals surface area (Å²) in [6, 6.07) is 10.1. The first kappa shape index (κ1) is 16.0. The van der Waals surface area contributed by atoms with Crippen molar-refractivity contribution >= 4 is 5.97 Å². The molecule has 0 aliphatic carbocycles. The number of nitrogens with zero attached hydrogens (tertiary/aromatic N) is 1. The van der Waals surface area contributed by atoms with Gasteiger partial charge in [0.05, 0.1) is 23.9 Å². The molecule has 0 bridgehead atoms. The van der Waals surface area contributed by atoms with E-state index in [1.165, 1.54) is 0 Å². The van der Waals surface area contributed by atoms with Gasteiger partial charge in [0.1, 0.15) is 0 Å². The summed E-state index contributed by atoms with van der Waals surface area (Å²) in [7, 11) is 1.05. The van der Waals surface area contributed by atoms with Crippen LogP contribution in [0.5, 0.6) is 0 Å². The van der Waals surface area contributed by atoms with E-state index in [1.54, 1.807) is 0 Å². The van der Waals surface area contributed by atoms with Crippen molar-refractivity contribution in [2.75, 3.05) is 7.11 Å². The van der Waals surface area contributed by atoms with Gasteiger partial charge in [-0.05, 0) is 24.5 Å². The molecule has 2 rings (SSSR count). The maximum absolute atomic E-state index is 13.1. The van der Waals surface area contributed by atoms with Gasteiger partial charge in [0.15, 0.2) is 0 Å². The van der Waals surface area contributed by atoms with Crippen LogP contribution in [0.2, 0.25) is 0 Å². The quantitative estimate of drug-likeness (QED) is 0.809. The first-order valence-electron chi connectivity index (χ1n) is 6.61. The monoisotopic (exact) mass is 309 g/mol. The van der Waals surface area contributed by atoms with Crippen molar-refractivity contribution in [1.82, 2.24) is 4.98 Å². The number of aromatic nitrogens is 1. The van der Waals surface area contributed by atoms with Crippen molar-refractivity contribution in [3.63, 3.8) is 0 Å². The minimum Gasteiger partial charge on any atom is -0.465 e. The Balaban J connectivity index is 2.36. The molecule has 0 saturated carbocycles. The van der Waals surface area contributed by atoms with Crippen LogP contribution in [-0.4, -0.2) is 18.1 Å². The van der Waals surface area contributed by atoms with Crippen molar-refractivity contribution < 1.29 is 22.7 Å². The lowest BCUT2D eigenvalue weighted by molar-refractivity contribution is -0.138. The topological polar surface area (TPSA) is 39.2 Å². The Hall–Kier alpha value is -2.37. The minimum absolute atomic E-state index is 0.0885. The third kappa shape index (κ3) is 3.63. The number of benzene rings is 1. The Kier molecular flexibility index (Phi) is 4.80. The molecule has 116 valence electrons. The number of carbonyl (C=O) groups excluding carboxylic acids is 1. The van der Waals surface area contributed by atoms with E-state index in [-0.39, 0.29) is 12.1 Å². The average molecular weight is 309 g/mol. The fourth-order valence-corrected chi connectivity index (χ4v) is 2.17. The molecule has 0 spiro atoms. The largest absolute Gasteiger partial charge is 0.465 e. The van der Waals surface area contributed by atoms with E-state index >= 15 is 0 Å². The summed E-state index contributed by atoms with van der Waals surface area (Å²) in [6.07, 6.45) is -2.86. The predicted molar refractivity (Wildman–Crippen MR) is 74.4 cm³/mol. The van der Waals surface area contributed by atoms with Crippen LogP contribution in [0, 0.1) is 0 Å². The van der Waals surface area contributed by atoms with Gasteiger partial charge in [-0.2, -0.15) is 13.2 Å². The number of methoxy groups -OCH3 is 1. The van der Waals surface area contributed by atoms with E-state index in [9.17, 15) is 18.0 Å². The zero-order valence-electron chi connectivity index (χ0n) is 11.9. The molecule has 0 unspecified atom stereocenters. The highest BCUT2D eigenvalue weighted by Gasteiger charge is 2.37. The molecule has 1 aromatic heterocycles. The molecule has 22 heavy (non-hydrogen) atoms. The summed E-state index contributed by atoms with van der Waals surface area (Å²) in [4.78, 5) is 15.7. The van der Waals surface area contributed by atoms with E-state index < -0.39 is 23.3 Å². The highest BCUT2D eigenvalue weighted by atomic mass is 19.4. The minimum atomic E-state index is -4.63. The highest BCUT2D eigenvalue weighted by Crippen LogP contribution is 2.33. The van der Waals surface area contributed by atoms with E-state index in [0.717, 1.165) is 24.9 Å². The van der Waals surface area contributed by atoms with Gasteiger partial charge in [0.25, 0.3) is 0 Å². The molecule has 0 N–H and O–H groups in total. The highest BCUT2D eigenvalue weighted by molar-refractivity contribution is 5.92. The molecule has 2 aromatic rings. The predicted octanol–water partition coefficient (Wildman–Crippen LogP) is 3.67. The zero-order chi connectivity index (χ0) is 16.2. The third-order valence-electron chi connectivity index (χ3n) is 3.22. The van der Waals surface area contributed by atoms with Gasteiger partial charge in [-0.3, -0.25) is 4.98 Å². The molecule has 0 aliphatic heterocycles. The number of alkyl halides is 3. The Morgan fingerprint density at radius 1 is 1.14 bits per heavy atom. The number of hydrogen-bond acceptors (Lipinski definition) is 3. The van der Waals surface area contributed by atoms with Crippen LogP contribution in [0.3, 0.4) is 0 Å². The third-order valence-corrected chi connectivity index (χ3v) is 3.22. The number of rotatable bonds is 4. The van der Waals surface area contributed by atoms with Gasteiger partial charge < -0.3 is 4.74 Å². The molecule has 1 heterocycles. The normalized spacial score (nSPS) is 11.3. The van der Waals surface area contributed by atoms with Gasteiger partial charge in [-0.1, -0.05) is 30.3 Å². The molecule has 0 amide bonds. The van der Waals surface area contributed by atoms with Gasteiger partial charge in [-0.25, -0.2) is 4.79 Å². The second-order valence-electron chi connectivity index (χ2n) is 4.66. The number of carbonyl (C=O) groups is 1. The molecule has 0 atom stereocenters. The lowest BCUT2D eigenvalue weighted by atomic mass is 10.0. The Labute approximate surface area is 125 Å². The lowest BCUT2D eigenvalue weighted by Gasteiger charge is -2.14. The fourth-order valence-electron chi connectivity index (χ4n) is 2.17.